The fourth-order valence-electron chi connectivity index (χ4n) is 2.77. The number of hydrogen-bond acceptors (Lipinski definition) is 2. The van der Waals surface area contributed by atoms with Gasteiger partial charge in [0.15, 0.2) is 0 Å². The first-order valence-electron chi connectivity index (χ1n) is 6.63. The fraction of sp³-hybridized carbons (Fsp3) is 0.312. The molecule has 0 saturated carbocycles. The molecular weight excluding hydrogens is 238 g/mol. The summed E-state index contributed by atoms with van der Waals surface area (Å²) < 4.78 is 0. The largest absolute Gasteiger partial charge is 0.396 e. The number of carbonyl (C=O) groups excluding carboxylic acids is 1. The lowest BCUT2D eigenvalue weighted by Gasteiger charge is -2.17. The molecule has 1 heterocycles. The molecule has 3 rings (SSSR count). The third kappa shape index (κ3) is 2.34. The Bertz CT molecular complexity index is 603. The van der Waals surface area contributed by atoms with Crippen molar-refractivity contribution in [3.05, 3.63) is 48.0 Å². The minimum absolute atomic E-state index is 0.0950. The molecule has 2 aromatic rings. The molecule has 1 saturated heterocycles. The molecule has 0 aliphatic carbocycles. The van der Waals surface area contributed by atoms with E-state index in [1.807, 2.05) is 23.1 Å². The second-order valence-corrected chi connectivity index (χ2v) is 5.17. The normalized spacial score (nSPS) is 19.3. The third-order valence-corrected chi connectivity index (χ3v) is 3.79. The predicted molar refractivity (Wildman–Crippen MR) is 74.6 cm³/mol. The summed E-state index contributed by atoms with van der Waals surface area (Å²) in [6.45, 7) is 1.40. The van der Waals surface area contributed by atoms with Crippen LogP contribution in [0.25, 0.3) is 10.8 Å². The van der Waals surface area contributed by atoms with Crippen LogP contribution < -0.4 is 0 Å². The molecule has 1 unspecified atom stereocenters. The molecule has 1 amide bonds. The highest BCUT2D eigenvalue weighted by molar-refractivity contribution is 5.86. The summed E-state index contributed by atoms with van der Waals surface area (Å²) in [4.78, 5) is 13.7. The van der Waals surface area contributed by atoms with Crippen LogP contribution in [0.5, 0.6) is 0 Å². The molecule has 1 aliphatic rings. The van der Waals surface area contributed by atoms with Gasteiger partial charge in [0.05, 0.1) is 0 Å². The average molecular weight is 255 g/mol. The van der Waals surface area contributed by atoms with Crippen molar-refractivity contribution in [1.29, 1.82) is 0 Å². The lowest BCUT2D eigenvalue weighted by molar-refractivity contribution is -0.128. The molecule has 2 aromatic carbocycles. The van der Waals surface area contributed by atoms with Crippen LogP contribution in [-0.2, 0) is 11.3 Å². The fourth-order valence-corrected chi connectivity index (χ4v) is 2.77. The predicted octanol–water partition coefficient (Wildman–Crippen LogP) is 2.18. The van der Waals surface area contributed by atoms with Gasteiger partial charge >= 0.3 is 0 Å². The standard InChI is InChI=1S/C16H17NO2/c18-11-12-8-16(19)17(9-12)10-14-6-3-5-13-4-1-2-7-15(13)14/h1-7,12,18H,8-11H2. The topological polar surface area (TPSA) is 40.5 Å². The van der Waals surface area contributed by atoms with Gasteiger partial charge in [0.2, 0.25) is 5.91 Å². The van der Waals surface area contributed by atoms with Gasteiger partial charge in [-0.1, -0.05) is 42.5 Å². The van der Waals surface area contributed by atoms with Gasteiger partial charge < -0.3 is 10.0 Å². The Hall–Kier alpha value is -1.87. The van der Waals surface area contributed by atoms with Gasteiger partial charge in [0, 0.05) is 32.0 Å². The highest BCUT2D eigenvalue weighted by atomic mass is 16.3. The summed E-state index contributed by atoms with van der Waals surface area (Å²) in [5, 5.41) is 11.6. The zero-order valence-corrected chi connectivity index (χ0v) is 10.7. The minimum atomic E-state index is 0.0950. The summed E-state index contributed by atoms with van der Waals surface area (Å²) >= 11 is 0. The van der Waals surface area contributed by atoms with Crippen LogP contribution in [0.15, 0.2) is 42.5 Å². The Balaban J connectivity index is 1.88. The van der Waals surface area contributed by atoms with Crippen molar-refractivity contribution in [2.75, 3.05) is 13.2 Å². The van der Waals surface area contributed by atoms with Crippen LogP contribution in [0.3, 0.4) is 0 Å². The number of nitrogens with zero attached hydrogens (tertiary/aromatic N) is 1. The Morgan fingerprint density at radius 2 is 1.95 bits per heavy atom. The van der Waals surface area contributed by atoms with Crippen LogP contribution >= 0.6 is 0 Å². The van der Waals surface area contributed by atoms with Crippen LogP contribution in [0.4, 0.5) is 0 Å². The van der Waals surface area contributed by atoms with Crippen molar-refractivity contribution in [1.82, 2.24) is 4.90 Å². The molecule has 1 aliphatic heterocycles. The molecule has 19 heavy (non-hydrogen) atoms. The van der Waals surface area contributed by atoms with Gasteiger partial charge in [-0.25, -0.2) is 0 Å². The summed E-state index contributed by atoms with van der Waals surface area (Å²) in [5.74, 6) is 0.245. The maximum Gasteiger partial charge on any atom is 0.223 e. The number of carbonyl (C=O) groups is 1. The van der Waals surface area contributed by atoms with Crippen LogP contribution in [-0.4, -0.2) is 29.1 Å². The average Bonchev–Trinajstić information content (AvgIpc) is 2.80. The molecular formula is C16H17NO2. The van der Waals surface area contributed by atoms with E-state index in [0.29, 0.717) is 19.5 Å². The number of benzene rings is 2. The van der Waals surface area contributed by atoms with E-state index in [1.165, 1.54) is 16.3 Å². The van der Waals surface area contributed by atoms with E-state index < -0.39 is 0 Å². The second kappa shape index (κ2) is 5.02. The van der Waals surface area contributed by atoms with E-state index in [-0.39, 0.29) is 18.4 Å². The van der Waals surface area contributed by atoms with E-state index in [4.69, 9.17) is 5.11 Å². The molecule has 1 atom stereocenters. The van der Waals surface area contributed by atoms with Crippen LogP contribution in [0.1, 0.15) is 12.0 Å². The first-order chi connectivity index (χ1) is 9.28. The smallest absolute Gasteiger partial charge is 0.223 e. The number of likely N-dealkylation sites (tertiary alicyclic amines) is 1. The van der Waals surface area contributed by atoms with Crippen molar-refractivity contribution in [3.8, 4) is 0 Å². The number of aliphatic hydroxyl groups excluding tert-OH is 1. The molecule has 0 bridgehead atoms. The van der Waals surface area contributed by atoms with Gasteiger partial charge in [-0.3, -0.25) is 4.79 Å². The summed E-state index contributed by atoms with van der Waals surface area (Å²) in [6, 6.07) is 14.4. The zero-order valence-electron chi connectivity index (χ0n) is 10.7. The van der Waals surface area contributed by atoms with Gasteiger partial charge in [-0.2, -0.15) is 0 Å². The number of fused-ring (bicyclic) bond motifs is 1. The third-order valence-electron chi connectivity index (χ3n) is 3.79. The Morgan fingerprint density at radius 1 is 1.16 bits per heavy atom. The second-order valence-electron chi connectivity index (χ2n) is 5.17. The van der Waals surface area contributed by atoms with Gasteiger partial charge in [0.25, 0.3) is 0 Å². The summed E-state index contributed by atoms with van der Waals surface area (Å²) in [5.41, 5.74) is 1.17. The molecule has 0 spiro atoms. The van der Waals surface area contributed by atoms with Crippen LogP contribution in [0, 0.1) is 5.92 Å². The first kappa shape index (κ1) is 12.2. The Morgan fingerprint density at radius 3 is 2.74 bits per heavy atom. The monoisotopic (exact) mass is 255 g/mol. The molecule has 0 radical (unpaired) electrons. The zero-order chi connectivity index (χ0) is 13.2. The van der Waals surface area contributed by atoms with Crippen molar-refractivity contribution in [2.45, 2.75) is 13.0 Å². The Kier molecular flexibility index (Phi) is 3.22. The maximum atomic E-state index is 11.9. The summed E-state index contributed by atoms with van der Waals surface area (Å²) in [6.07, 6.45) is 0.473. The van der Waals surface area contributed by atoms with Crippen molar-refractivity contribution in [2.24, 2.45) is 5.92 Å². The van der Waals surface area contributed by atoms with E-state index >= 15 is 0 Å². The van der Waals surface area contributed by atoms with E-state index in [0.717, 1.165) is 0 Å². The first-order valence-corrected chi connectivity index (χ1v) is 6.63. The molecule has 3 heteroatoms. The van der Waals surface area contributed by atoms with Crippen molar-refractivity contribution >= 4 is 16.7 Å². The highest BCUT2D eigenvalue weighted by Gasteiger charge is 2.28. The van der Waals surface area contributed by atoms with E-state index in [2.05, 4.69) is 24.3 Å². The van der Waals surface area contributed by atoms with Crippen molar-refractivity contribution in [3.63, 3.8) is 0 Å². The number of amides is 1. The molecule has 0 aromatic heterocycles. The lowest BCUT2D eigenvalue weighted by atomic mass is 10.0. The van der Waals surface area contributed by atoms with Gasteiger partial charge in [0.1, 0.15) is 0 Å². The highest BCUT2D eigenvalue weighted by Crippen LogP contribution is 2.24. The van der Waals surface area contributed by atoms with Crippen LogP contribution in [0.2, 0.25) is 0 Å². The van der Waals surface area contributed by atoms with E-state index in [9.17, 15) is 4.79 Å². The quantitative estimate of drug-likeness (QED) is 0.913. The lowest BCUT2D eigenvalue weighted by Crippen LogP contribution is -2.25. The van der Waals surface area contributed by atoms with Gasteiger partial charge in [-0.15, -0.1) is 0 Å². The molecule has 3 nitrogen and oxygen atoms in total. The molecule has 98 valence electrons. The number of aliphatic hydroxyl groups is 1. The van der Waals surface area contributed by atoms with E-state index in [1.54, 1.807) is 0 Å². The number of hydrogen-bond donors (Lipinski definition) is 1. The van der Waals surface area contributed by atoms with Crippen molar-refractivity contribution < 1.29 is 9.90 Å². The Labute approximate surface area is 112 Å². The number of rotatable bonds is 3. The summed E-state index contributed by atoms with van der Waals surface area (Å²) in [7, 11) is 0. The van der Waals surface area contributed by atoms with Gasteiger partial charge in [-0.05, 0) is 16.3 Å². The maximum absolute atomic E-state index is 11.9. The molecule has 1 N–H and O–H groups in total. The molecule has 1 fully saturated rings. The minimum Gasteiger partial charge on any atom is -0.396 e. The SMILES string of the molecule is O=C1CC(CO)CN1Cc1cccc2ccccc12.